The van der Waals surface area contributed by atoms with Gasteiger partial charge in [-0.05, 0) is 36.6 Å². The minimum atomic E-state index is -0.238. The Bertz CT molecular complexity index is 724. The van der Waals surface area contributed by atoms with Crippen LogP contribution in [0, 0.1) is 0 Å². The average molecular weight is 439 g/mol. The lowest BCUT2D eigenvalue weighted by molar-refractivity contribution is -0.148. The first kappa shape index (κ1) is 26.0. The standard InChI is InChI=1S/C29H42O3/c1-3-4-5-6-7-8-9-10-11-12-16-19-29(30)32-25(2)27-20-22-28(23-21-27)31-24-26-17-14-13-15-18-26/h13-15,17-18,20-23,25H,3-12,16,19,24H2,1-2H3. The first-order valence-corrected chi connectivity index (χ1v) is 12.6. The number of carbonyl (C=O) groups is 1. The molecule has 2 aromatic rings. The molecule has 1 atom stereocenters. The zero-order chi connectivity index (χ0) is 22.9. The number of benzene rings is 2. The second kappa shape index (κ2) is 16.4. The van der Waals surface area contributed by atoms with Crippen LogP contribution < -0.4 is 4.74 Å². The third kappa shape index (κ3) is 11.4. The minimum Gasteiger partial charge on any atom is -0.489 e. The highest BCUT2D eigenvalue weighted by molar-refractivity contribution is 5.69. The molecule has 0 aromatic heterocycles. The van der Waals surface area contributed by atoms with Crippen molar-refractivity contribution >= 4 is 5.97 Å². The van der Waals surface area contributed by atoms with Crippen molar-refractivity contribution in [3.63, 3.8) is 0 Å². The fourth-order valence-corrected chi connectivity index (χ4v) is 3.83. The van der Waals surface area contributed by atoms with Gasteiger partial charge < -0.3 is 9.47 Å². The Labute approximate surface area is 195 Å². The van der Waals surface area contributed by atoms with E-state index in [1.807, 2.05) is 61.5 Å². The summed E-state index contributed by atoms with van der Waals surface area (Å²) in [5.74, 6) is 0.718. The van der Waals surface area contributed by atoms with Crippen LogP contribution >= 0.6 is 0 Å². The predicted molar refractivity (Wildman–Crippen MR) is 133 cm³/mol. The second-order valence-electron chi connectivity index (χ2n) is 8.76. The summed E-state index contributed by atoms with van der Waals surface area (Å²) in [6.07, 6.45) is 14.4. The molecule has 0 heterocycles. The topological polar surface area (TPSA) is 35.5 Å². The quantitative estimate of drug-likeness (QED) is 0.183. The highest BCUT2D eigenvalue weighted by Crippen LogP contribution is 2.22. The van der Waals surface area contributed by atoms with Crippen LogP contribution in [0.25, 0.3) is 0 Å². The van der Waals surface area contributed by atoms with Gasteiger partial charge in [0.2, 0.25) is 0 Å². The highest BCUT2D eigenvalue weighted by Gasteiger charge is 2.11. The molecule has 0 saturated heterocycles. The van der Waals surface area contributed by atoms with E-state index in [0.717, 1.165) is 29.7 Å². The fraction of sp³-hybridized carbons (Fsp3) is 0.552. The van der Waals surface area contributed by atoms with E-state index in [9.17, 15) is 4.79 Å². The molecule has 0 amide bonds. The van der Waals surface area contributed by atoms with Gasteiger partial charge in [-0.3, -0.25) is 4.79 Å². The molecular formula is C29H42O3. The summed E-state index contributed by atoms with van der Waals surface area (Å²) in [5.41, 5.74) is 2.13. The normalized spacial score (nSPS) is 11.8. The summed E-state index contributed by atoms with van der Waals surface area (Å²) in [5, 5.41) is 0. The Morgan fingerprint density at radius 3 is 1.91 bits per heavy atom. The largest absolute Gasteiger partial charge is 0.489 e. The van der Waals surface area contributed by atoms with Crippen molar-refractivity contribution in [3.05, 3.63) is 65.7 Å². The Balaban J connectivity index is 1.53. The molecule has 0 N–H and O–H groups in total. The van der Waals surface area contributed by atoms with Crippen molar-refractivity contribution in [1.29, 1.82) is 0 Å². The third-order valence-corrected chi connectivity index (χ3v) is 5.89. The van der Waals surface area contributed by atoms with E-state index in [4.69, 9.17) is 9.47 Å². The van der Waals surface area contributed by atoms with Gasteiger partial charge in [-0.25, -0.2) is 0 Å². The van der Waals surface area contributed by atoms with Crippen molar-refractivity contribution < 1.29 is 14.3 Å². The molecule has 0 aliphatic carbocycles. The van der Waals surface area contributed by atoms with Gasteiger partial charge in [-0.2, -0.15) is 0 Å². The zero-order valence-electron chi connectivity index (χ0n) is 20.2. The molecule has 2 rings (SSSR count). The van der Waals surface area contributed by atoms with Crippen LogP contribution in [0.1, 0.15) is 108 Å². The number of carbonyl (C=O) groups excluding carboxylic acids is 1. The smallest absolute Gasteiger partial charge is 0.306 e. The summed E-state index contributed by atoms with van der Waals surface area (Å²) < 4.78 is 11.4. The van der Waals surface area contributed by atoms with Crippen LogP contribution in [-0.4, -0.2) is 5.97 Å². The van der Waals surface area contributed by atoms with E-state index in [1.54, 1.807) is 0 Å². The van der Waals surface area contributed by atoms with Gasteiger partial charge in [0.25, 0.3) is 0 Å². The van der Waals surface area contributed by atoms with Crippen molar-refractivity contribution in [2.24, 2.45) is 0 Å². The summed E-state index contributed by atoms with van der Waals surface area (Å²) in [7, 11) is 0. The van der Waals surface area contributed by atoms with E-state index >= 15 is 0 Å². The molecular weight excluding hydrogens is 396 g/mol. The van der Waals surface area contributed by atoms with Crippen molar-refractivity contribution in [3.8, 4) is 5.75 Å². The van der Waals surface area contributed by atoms with Crippen molar-refractivity contribution in [1.82, 2.24) is 0 Å². The molecule has 0 radical (unpaired) electrons. The number of hydrogen-bond acceptors (Lipinski definition) is 3. The molecule has 1 unspecified atom stereocenters. The maximum Gasteiger partial charge on any atom is 0.306 e. The Morgan fingerprint density at radius 1 is 0.750 bits per heavy atom. The number of hydrogen-bond donors (Lipinski definition) is 0. The Hall–Kier alpha value is -2.29. The van der Waals surface area contributed by atoms with Crippen LogP contribution in [0.3, 0.4) is 0 Å². The van der Waals surface area contributed by atoms with Gasteiger partial charge >= 0.3 is 5.97 Å². The number of esters is 1. The zero-order valence-corrected chi connectivity index (χ0v) is 20.2. The van der Waals surface area contributed by atoms with Gasteiger partial charge in [0.1, 0.15) is 18.5 Å². The first-order valence-electron chi connectivity index (χ1n) is 12.6. The molecule has 0 bridgehead atoms. The average Bonchev–Trinajstić information content (AvgIpc) is 2.82. The second-order valence-corrected chi connectivity index (χ2v) is 8.76. The van der Waals surface area contributed by atoms with E-state index in [1.165, 1.54) is 57.8 Å². The lowest BCUT2D eigenvalue weighted by atomic mass is 10.1. The molecule has 0 spiro atoms. The van der Waals surface area contributed by atoms with E-state index in [2.05, 4.69) is 6.92 Å². The lowest BCUT2D eigenvalue weighted by Crippen LogP contribution is -2.08. The highest BCUT2D eigenvalue weighted by atomic mass is 16.5. The number of unbranched alkanes of at least 4 members (excludes halogenated alkanes) is 10. The molecule has 0 aliphatic heterocycles. The molecule has 0 saturated carbocycles. The number of rotatable bonds is 17. The third-order valence-electron chi connectivity index (χ3n) is 5.89. The summed E-state index contributed by atoms with van der Waals surface area (Å²) in [6, 6.07) is 17.9. The molecule has 2 aromatic carbocycles. The van der Waals surface area contributed by atoms with Gasteiger partial charge in [-0.1, -0.05) is 114 Å². The van der Waals surface area contributed by atoms with Crippen LogP contribution in [0.4, 0.5) is 0 Å². The van der Waals surface area contributed by atoms with Crippen LogP contribution in [0.2, 0.25) is 0 Å². The van der Waals surface area contributed by atoms with Crippen LogP contribution in [0.15, 0.2) is 54.6 Å². The van der Waals surface area contributed by atoms with Gasteiger partial charge in [0.05, 0.1) is 0 Å². The monoisotopic (exact) mass is 438 g/mol. The molecule has 3 nitrogen and oxygen atoms in total. The fourth-order valence-electron chi connectivity index (χ4n) is 3.83. The van der Waals surface area contributed by atoms with E-state index in [-0.39, 0.29) is 12.1 Å². The molecule has 176 valence electrons. The van der Waals surface area contributed by atoms with Gasteiger partial charge in [0, 0.05) is 6.42 Å². The first-order chi connectivity index (χ1) is 15.7. The SMILES string of the molecule is CCCCCCCCCCCCCC(=O)OC(C)c1ccc(OCc2ccccc2)cc1. The number of ether oxygens (including phenoxy) is 2. The van der Waals surface area contributed by atoms with E-state index in [0.29, 0.717) is 13.0 Å². The molecule has 32 heavy (non-hydrogen) atoms. The van der Waals surface area contributed by atoms with E-state index < -0.39 is 0 Å². The lowest BCUT2D eigenvalue weighted by Gasteiger charge is -2.14. The Morgan fingerprint density at radius 2 is 1.31 bits per heavy atom. The van der Waals surface area contributed by atoms with Crippen LogP contribution in [0.5, 0.6) is 5.75 Å². The molecule has 0 fully saturated rings. The maximum absolute atomic E-state index is 12.2. The van der Waals surface area contributed by atoms with Gasteiger partial charge in [0.15, 0.2) is 0 Å². The van der Waals surface area contributed by atoms with Gasteiger partial charge in [-0.15, -0.1) is 0 Å². The maximum atomic E-state index is 12.2. The predicted octanol–water partition coefficient (Wildman–Crippen LogP) is 8.57. The van der Waals surface area contributed by atoms with Crippen molar-refractivity contribution in [2.75, 3.05) is 0 Å². The molecule has 3 heteroatoms. The van der Waals surface area contributed by atoms with Crippen molar-refractivity contribution in [2.45, 2.75) is 104 Å². The summed E-state index contributed by atoms with van der Waals surface area (Å²) in [4.78, 5) is 12.2. The Kier molecular flexibility index (Phi) is 13.3. The molecule has 0 aliphatic rings. The summed E-state index contributed by atoms with van der Waals surface area (Å²) in [6.45, 7) is 4.74. The summed E-state index contributed by atoms with van der Waals surface area (Å²) >= 11 is 0. The minimum absolute atomic E-state index is 0.0992. The van der Waals surface area contributed by atoms with Crippen LogP contribution in [-0.2, 0) is 16.1 Å².